The van der Waals surface area contributed by atoms with Crippen molar-refractivity contribution in [2.75, 3.05) is 19.1 Å². The number of ether oxygens (including phenoxy) is 2. The highest BCUT2D eigenvalue weighted by molar-refractivity contribution is 7.22. The Kier molecular flexibility index (Phi) is 5.56. The molecular formula is C26H22N2O6S. The maximum absolute atomic E-state index is 13.7. The zero-order valence-corrected chi connectivity index (χ0v) is 20.3. The molecule has 5 rings (SSSR count). The van der Waals surface area contributed by atoms with Crippen molar-refractivity contribution >= 4 is 38.4 Å². The maximum atomic E-state index is 13.7. The van der Waals surface area contributed by atoms with Crippen molar-refractivity contribution in [3.63, 3.8) is 0 Å². The molecule has 0 aliphatic carbocycles. The van der Waals surface area contributed by atoms with E-state index in [-0.39, 0.29) is 5.57 Å². The molecule has 4 aromatic rings. The van der Waals surface area contributed by atoms with Gasteiger partial charge in [-0.2, -0.15) is 0 Å². The second-order valence-corrected chi connectivity index (χ2v) is 9.14. The van der Waals surface area contributed by atoms with E-state index in [0.717, 1.165) is 10.3 Å². The number of carbonyl (C=O) groups is 2. The summed E-state index contributed by atoms with van der Waals surface area (Å²) in [7, 11) is 3.12. The number of amides is 1. The maximum Gasteiger partial charge on any atom is 0.296 e. The number of aryl methyl sites for hydroxylation is 2. The number of aliphatic hydroxyl groups excluding tert-OH is 1. The molecule has 0 saturated heterocycles. The molecule has 0 spiro atoms. The highest BCUT2D eigenvalue weighted by atomic mass is 32.1. The molecule has 3 heterocycles. The Morgan fingerprint density at radius 2 is 1.89 bits per heavy atom. The predicted molar refractivity (Wildman–Crippen MR) is 132 cm³/mol. The van der Waals surface area contributed by atoms with Crippen LogP contribution < -0.4 is 14.4 Å². The smallest absolute Gasteiger partial charge is 0.296 e. The number of nitrogens with zero attached hydrogens (tertiary/aromatic N) is 2. The standard InChI is InChI=1S/C26H22N2O6S/c1-13-11-15(6-10-18(13)33-4)23(29)21-22(19-9-5-14(2)34-19)28(25(31)24(21)30)26-27-17-8-7-16(32-3)12-20(17)35-26/h5-12,22,30H,1-4H3. The summed E-state index contributed by atoms with van der Waals surface area (Å²) < 4.78 is 17.2. The van der Waals surface area contributed by atoms with E-state index in [1.807, 2.05) is 13.0 Å². The van der Waals surface area contributed by atoms with Crippen LogP contribution in [0, 0.1) is 13.8 Å². The van der Waals surface area contributed by atoms with E-state index in [2.05, 4.69) is 4.98 Å². The van der Waals surface area contributed by atoms with E-state index in [9.17, 15) is 14.7 Å². The van der Waals surface area contributed by atoms with Crippen LogP contribution >= 0.6 is 11.3 Å². The van der Waals surface area contributed by atoms with Crippen LogP contribution in [-0.2, 0) is 4.79 Å². The van der Waals surface area contributed by atoms with Gasteiger partial charge in [-0.15, -0.1) is 0 Å². The number of methoxy groups -OCH3 is 2. The van der Waals surface area contributed by atoms with Gasteiger partial charge in [-0.25, -0.2) is 4.98 Å². The third-order valence-electron chi connectivity index (χ3n) is 5.93. The van der Waals surface area contributed by atoms with Gasteiger partial charge in [0.25, 0.3) is 5.91 Å². The second-order valence-electron chi connectivity index (χ2n) is 8.13. The van der Waals surface area contributed by atoms with Gasteiger partial charge in [0.2, 0.25) is 0 Å². The molecule has 8 nitrogen and oxygen atoms in total. The Balaban J connectivity index is 1.64. The number of aromatic nitrogens is 1. The number of ketones is 1. The number of rotatable bonds is 6. The first-order chi connectivity index (χ1) is 16.8. The van der Waals surface area contributed by atoms with E-state index in [1.165, 1.54) is 16.2 Å². The van der Waals surface area contributed by atoms with Crippen LogP contribution in [0.4, 0.5) is 5.13 Å². The van der Waals surface area contributed by atoms with Gasteiger partial charge in [0.1, 0.15) is 29.1 Å². The van der Waals surface area contributed by atoms with Gasteiger partial charge < -0.3 is 19.0 Å². The fraction of sp³-hybridized carbons (Fsp3) is 0.192. The molecule has 0 bridgehead atoms. The fourth-order valence-electron chi connectivity index (χ4n) is 4.20. The summed E-state index contributed by atoms with van der Waals surface area (Å²) in [5.41, 5.74) is 1.68. The Hall–Kier alpha value is -4.11. The van der Waals surface area contributed by atoms with Crippen LogP contribution in [-0.4, -0.2) is 36.0 Å². The van der Waals surface area contributed by atoms with Gasteiger partial charge in [-0.1, -0.05) is 11.3 Å². The molecule has 1 unspecified atom stereocenters. The summed E-state index contributed by atoms with van der Waals surface area (Å²) in [6, 6.07) is 12.8. The molecular weight excluding hydrogens is 468 g/mol. The van der Waals surface area contributed by atoms with Crippen molar-refractivity contribution in [3.8, 4) is 11.5 Å². The number of hydrogen-bond acceptors (Lipinski definition) is 8. The molecule has 1 amide bonds. The van der Waals surface area contributed by atoms with Crippen molar-refractivity contribution in [2.45, 2.75) is 19.9 Å². The first-order valence-electron chi connectivity index (χ1n) is 10.8. The second kappa shape index (κ2) is 8.59. The average molecular weight is 491 g/mol. The number of Topliss-reactive ketones (excluding diaryl/α,β-unsaturated/α-hetero) is 1. The Bertz CT molecular complexity index is 1520. The lowest BCUT2D eigenvalue weighted by molar-refractivity contribution is -0.117. The monoisotopic (exact) mass is 490 g/mol. The third-order valence-corrected chi connectivity index (χ3v) is 6.95. The summed E-state index contributed by atoms with van der Waals surface area (Å²) in [5.74, 6) is 0.427. The Morgan fingerprint density at radius 1 is 1.09 bits per heavy atom. The molecule has 1 N–H and O–H groups in total. The van der Waals surface area contributed by atoms with Gasteiger partial charge >= 0.3 is 0 Å². The van der Waals surface area contributed by atoms with Crippen LogP contribution in [0.3, 0.4) is 0 Å². The quantitative estimate of drug-likeness (QED) is 0.366. The number of benzene rings is 2. The fourth-order valence-corrected chi connectivity index (χ4v) is 5.22. The van der Waals surface area contributed by atoms with E-state index < -0.39 is 23.5 Å². The number of thiazole rings is 1. The van der Waals surface area contributed by atoms with Gasteiger partial charge in [0, 0.05) is 5.56 Å². The summed E-state index contributed by atoms with van der Waals surface area (Å²) in [4.78, 5) is 32.9. The van der Waals surface area contributed by atoms with E-state index in [1.54, 1.807) is 63.6 Å². The van der Waals surface area contributed by atoms with Crippen molar-refractivity contribution in [3.05, 3.63) is 82.5 Å². The lowest BCUT2D eigenvalue weighted by Gasteiger charge is -2.22. The summed E-state index contributed by atoms with van der Waals surface area (Å²) in [5, 5.41) is 11.3. The van der Waals surface area contributed by atoms with Crippen LogP contribution in [0.1, 0.15) is 33.5 Å². The molecule has 35 heavy (non-hydrogen) atoms. The lowest BCUT2D eigenvalue weighted by Crippen LogP contribution is -2.30. The highest BCUT2D eigenvalue weighted by Crippen LogP contribution is 2.45. The molecule has 0 radical (unpaired) electrons. The lowest BCUT2D eigenvalue weighted by atomic mass is 9.95. The SMILES string of the molecule is COc1ccc2nc(N3C(=O)C(O)=C(C(=O)c4ccc(OC)c(C)c4)C3c3ccc(C)o3)sc2c1. The molecule has 0 saturated carbocycles. The number of anilines is 1. The Morgan fingerprint density at radius 3 is 2.54 bits per heavy atom. The number of fused-ring (bicyclic) bond motifs is 1. The first kappa shape index (κ1) is 22.7. The van der Waals surface area contributed by atoms with Crippen molar-refractivity contribution in [1.82, 2.24) is 4.98 Å². The molecule has 2 aromatic carbocycles. The predicted octanol–water partition coefficient (Wildman–Crippen LogP) is 5.31. The average Bonchev–Trinajstić information content (AvgIpc) is 3.53. The molecule has 1 aliphatic heterocycles. The van der Waals surface area contributed by atoms with Gasteiger partial charge in [0.15, 0.2) is 16.7 Å². The minimum Gasteiger partial charge on any atom is -0.503 e. The first-order valence-corrected chi connectivity index (χ1v) is 11.6. The molecule has 9 heteroatoms. The zero-order chi connectivity index (χ0) is 24.9. The van der Waals surface area contributed by atoms with E-state index in [4.69, 9.17) is 13.9 Å². The van der Waals surface area contributed by atoms with Crippen LogP contribution in [0.2, 0.25) is 0 Å². The van der Waals surface area contributed by atoms with E-state index in [0.29, 0.717) is 39.2 Å². The number of furan rings is 1. The molecule has 2 aromatic heterocycles. The number of carbonyl (C=O) groups excluding carboxylic acids is 2. The molecule has 178 valence electrons. The minimum absolute atomic E-state index is 0.0641. The molecule has 1 aliphatic rings. The third kappa shape index (κ3) is 3.74. The number of hydrogen-bond donors (Lipinski definition) is 1. The van der Waals surface area contributed by atoms with Crippen LogP contribution in [0.25, 0.3) is 10.2 Å². The van der Waals surface area contributed by atoms with Crippen molar-refractivity contribution in [2.24, 2.45) is 0 Å². The summed E-state index contributed by atoms with van der Waals surface area (Å²) in [6.45, 7) is 3.59. The summed E-state index contributed by atoms with van der Waals surface area (Å²) >= 11 is 1.26. The Labute approximate surface area is 205 Å². The van der Waals surface area contributed by atoms with Crippen molar-refractivity contribution < 1.29 is 28.6 Å². The number of aliphatic hydroxyl groups is 1. The topological polar surface area (TPSA) is 102 Å². The van der Waals surface area contributed by atoms with Crippen LogP contribution in [0.5, 0.6) is 11.5 Å². The van der Waals surface area contributed by atoms with Gasteiger partial charge in [0.05, 0.1) is 30.0 Å². The van der Waals surface area contributed by atoms with Crippen LogP contribution in [0.15, 0.2) is 64.3 Å². The molecule has 1 atom stereocenters. The molecule has 0 fully saturated rings. The van der Waals surface area contributed by atoms with E-state index >= 15 is 0 Å². The van der Waals surface area contributed by atoms with Gasteiger partial charge in [-0.05, 0) is 67.9 Å². The largest absolute Gasteiger partial charge is 0.503 e. The zero-order valence-electron chi connectivity index (χ0n) is 19.5. The van der Waals surface area contributed by atoms with Gasteiger partial charge in [-0.3, -0.25) is 14.5 Å². The minimum atomic E-state index is -0.978. The van der Waals surface area contributed by atoms with Crippen molar-refractivity contribution in [1.29, 1.82) is 0 Å². The highest BCUT2D eigenvalue weighted by Gasteiger charge is 2.47. The normalized spacial score (nSPS) is 15.8. The summed E-state index contributed by atoms with van der Waals surface area (Å²) in [6.07, 6.45) is 0.